The maximum absolute atomic E-state index is 5.88. The van der Waals surface area contributed by atoms with E-state index in [0.717, 1.165) is 17.9 Å². The Morgan fingerprint density at radius 3 is 2.67 bits per heavy atom. The van der Waals surface area contributed by atoms with Crippen molar-refractivity contribution in [3.8, 4) is 5.88 Å². The second-order valence-corrected chi connectivity index (χ2v) is 5.91. The van der Waals surface area contributed by atoms with Crippen molar-refractivity contribution in [3.63, 3.8) is 0 Å². The number of aliphatic imine (C=N–C) groups is 1. The molecular formula is C17H31IN4O2. The Morgan fingerprint density at radius 2 is 2.04 bits per heavy atom. The van der Waals surface area contributed by atoms with Crippen LogP contribution in [0.5, 0.6) is 5.88 Å². The molecule has 1 unspecified atom stereocenters. The lowest BCUT2D eigenvalue weighted by molar-refractivity contribution is 0.185. The van der Waals surface area contributed by atoms with Crippen LogP contribution in [0.2, 0.25) is 0 Å². The van der Waals surface area contributed by atoms with E-state index < -0.39 is 0 Å². The highest BCUT2D eigenvalue weighted by atomic mass is 127. The van der Waals surface area contributed by atoms with Crippen LogP contribution in [-0.2, 0) is 11.3 Å². The molecule has 0 aliphatic rings. The Morgan fingerprint density at radius 1 is 1.29 bits per heavy atom. The molecule has 0 aliphatic heterocycles. The van der Waals surface area contributed by atoms with Crippen LogP contribution in [0, 0.1) is 5.92 Å². The number of hydrogen-bond acceptors (Lipinski definition) is 4. The van der Waals surface area contributed by atoms with Gasteiger partial charge in [0, 0.05) is 39.5 Å². The number of methoxy groups -OCH3 is 1. The Kier molecular flexibility index (Phi) is 12.6. The number of hydrogen-bond donors (Lipinski definition) is 2. The fraction of sp³-hybridized carbons (Fsp3) is 0.647. The molecule has 0 fully saturated rings. The van der Waals surface area contributed by atoms with Gasteiger partial charge in [0.15, 0.2) is 5.96 Å². The minimum Gasteiger partial charge on any atom is -0.475 e. The first kappa shape index (κ1) is 22.9. The molecule has 0 amide bonds. The number of nitrogens with one attached hydrogen (secondary N) is 2. The van der Waals surface area contributed by atoms with Gasteiger partial charge in [-0.1, -0.05) is 13.8 Å². The first-order chi connectivity index (χ1) is 11.0. The van der Waals surface area contributed by atoms with Crippen LogP contribution < -0.4 is 15.4 Å². The largest absolute Gasteiger partial charge is 0.475 e. The van der Waals surface area contributed by atoms with Crippen LogP contribution in [0.25, 0.3) is 0 Å². The van der Waals surface area contributed by atoms with Crippen molar-refractivity contribution in [1.29, 1.82) is 0 Å². The smallest absolute Gasteiger partial charge is 0.213 e. The Labute approximate surface area is 162 Å². The van der Waals surface area contributed by atoms with Gasteiger partial charge >= 0.3 is 0 Å². The van der Waals surface area contributed by atoms with Crippen molar-refractivity contribution in [2.24, 2.45) is 10.9 Å². The van der Waals surface area contributed by atoms with Crippen molar-refractivity contribution in [2.75, 3.05) is 27.3 Å². The molecule has 138 valence electrons. The van der Waals surface area contributed by atoms with E-state index in [2.05, 4.69) is 41.4 Å². The number of aromatic nitrogens is 1. The van der Waals surface area contributed by atoms with Crippen LogP contribution in [0.15, 0.2) is 23.3 Å². The van der Waals surface area contributed by atoms with Gasteiger partial charge in [-0.05, 0) is 30.9 Å². The number of nitrogens with zero attached hydrogens (tertiary/aromatic N) is 2. The molecule has 24 heavy (non-hydrogen) atoms. The first-order valence-electron chi connectivity index (χ1n) is 8.10. The predicted molar refractivity (Wildman–Crippen MR) is 109 cm³/mol. The zero-order valence-electron chi connectivity index (χ0n) is 15.3. The summed E-state index contributed by atoms with van der Waals surface area (Å²) in [5, 5.41) is 6.43. The molecular weight excluding hydrogens is 419 g/mol. The summed E-state index contributed by atoms with van der Waals surface area (Å²) < 4.78 is 10.9. The van der Waals surface area contributed by atoms with E-state index in [9.17, 15) is 0 Å². The first-order valence-corrected chi connectivity index (χ1v) is 8.10. The maximum Gasteiger partial charge on any atom is 0.213 e. The normalized spacial score (nSPS) is 12.5. The summed E-state index contributed by atoms with van der Waals surface area (Å²) in [6.45, 7) is 8.47. The SMILES string of the molecule is CN=C(NCCOC)NCc1ccnc(OC(C)CC(C)C)c1.I. The highest BCUT2D eigenvalue weighted by Crippen LogP contribution is 2.14. The minimum absolute atomic E-state index is 0. The van der Waals surface area contributed by atoms with E-state index in [1.165, 1.54) is 0 Å². The molecule has 0 aliphatic carbocycles. The molecule has 1 rings (SSSR count). The summed E-state index contributed by atoms with van der Waals surface area (Å²) in [5.74, 6) is 2.02. The van der Waals surface area contributed by atoms with Gasteiger partial charge in [0.1, 0.15) is 0 Å². The molecule has 0 aromatic carbocycles. The van der Waals surface area contributed by atoms with Gasteiger partial charge in [-0.3, -0.25) is 4.99 Å². The summed E-state index contributed by atoms with van der Waals surface area (Å²) in [6.07, 6.45) is 2.95. The second kappa shape index (κ2) is 13.2. The Hall–Kier alpha value is -1.09. The standard InChI is InChI=1S/C17H30N4O2.HI/c1-13(2)10-14(3)23-16-11-15(6-7-19-16)12-21-17(18-4)20-8-9-22-5;/h6-7,11,13-14H,8-10,12H2,1-5H3,(H2,18,20,21);1H. The third kappa shape index (κ3) is 9.92. The van der Waals surface area contributed by atoms with Gasteiger partial charge < -0.3 is 20.1 Å². The molecule has 1 atom stereocenters. The van der Waals surface area contributed by atoms with E-state index in [-0.39, 0.29) is 30.1 Å². The molecule has 2 N–H and O–H groups in total. The minimum atomic E-state index is 0. The zero-order valence-corrected chi connectivity index (χ0v) is 17.7. The lowest BCUT2D eigenvalue weighted by Gasteiger charge is -2.16. The molecule has 6 nitrogen and oxygen atoms in total. The predicted octanol–water partition coefficient (Wildman–Crippen LogP) is 2.82. The van der Waals surface area contributed by atoms with Crippen LogP contribution in [-0.4, -0.2) is 44.4 Å². The number of ether oxygens (including phenoxy) is 2. The van der Waals surface area contributed by atoms with E-state index >= 15 is 0 Å². The topological polar surface area (TPSA) is 67.8 Å². The van der Waals surface area contributed by atoms with E-state index in [1.54, 1.807) is 20.4 Å². The Balaban J connectivity index is 0.00000529. The zero-order chi connectivity index (χ0) is 17.1. The second-order valence-electron chi connectivity index (χ2n) is 5.91. The van der Waals surface area contributed by atoms with E-state index in [0.29, 0.717) is 31.5 Å². The van der Waals surface area contributed by atoms with Gasteiger partial charge in [-0.25, -0.2) is 4.98 Å². The van der Waals surface area contributed by atoms with Crippen molar-refractivity contribution in [3.05, 3.63) is 23.9 Å². The summed E-state index contributed by atoms with van der Waals surface area (Å²) in [5.41, 5.74) is 1.10. The average molecular weight is 450 g/mol. The number of halogens is 1. The van der Waals surface area contributed by atoms with Gasteiger partial charge in [0.05, 0.1) is 12.7 Å². The Bertz CT molecular complexity index is 483. The summed E-state index contributed by atoms with van der Waals surface area (Å²) in [6, 6.07) is 3.93. The van der Waals surface area contributed by atoms with Gasteiger partial charge in [0.2, 0.25) is 5.88 Å². The molecule has 0 bridgehead atoms. The van der Waals surface area contributed by atoms with Crippen LogP contribution >= 0.6 is 24.0 Å². The van der Waals surface area contributed by atoms with Crippen LogP contribution in [0.3, 0.4) is 0 Å². The van der Waals surface area contributed by atoms with Crippen LogP contribution in [0.4, 0.5) is 0 Å². The monoisotopic (exact) mass is 450 g/mol. The summed E-state index contributed by atoms with van der Waals surface area (Å²) in [4.78, 5) is 8.45. The number of rotatable bonds is 9. The van der Waals surface area contributed by atoms with E-state index in [4.69, 9.17) is 9.47 Å². The lowest BCUT2D eigenvalue weighted by atomic mass is 10.1. The third-order valence-electron chi connectivity index (χ3n) is 3.21. The molecule has 0 saturated carbocycles. The lowest BCUT2D eigenvalue weighted by Crippen LogP contribution is -2.38. The van der Waals surface area contributed by atoms with Crippen molar-refractivity contribution >= 4 is 29.9 Å². The molecule has 1 aromatic heterocycles. The molecule has 1 heterocycles. The maximum atomic E-state index is 5.88. The number of pyridine rings is 1. The average Bonchev–Trinajstić information content (AvgIpc) is 2.50. The summed E-state index contributed by atoms with van der Waals surface area (Å²) in [7, 11) is 3.42. The summed E-state index contributed by atoms with van der Waals surface area (Å²) >= 11 is 0. The van der Waals surface area contributed by atoms with Crippen molar-refractivity contribution in [2.45, 2.75) is 39.8 Å². The quantitative estimate of drug-likeness (QED) is 0.262. The third-order valence-corrected chi connectivity index (χ3v) is 3.21. The molecule has 7 heteroatoms. The van der Waals surface area contributed by atoms with Gasteiger partial charge in [-0.2, -0.15) is 0 Å². The van der Waals surface area contributed by atoms with Crippen molar-refractivity contribution < 1.29 is 9.47 Å². The van der Waals surface area contributed by atoms with E-state index in [1.807, 2.05) is 12.1 Å². The highest BCUT2D eigenvalue weighted by Gasteiger charge is 2.08. The highest BCUT2D eigenvalue weighted by molar-refractivity contribution is 14.0. The fourth-order valence-electron chi connectivity index (χ4n) is 2.22. The molecule has 1 aromatic rings. The number of guanidine groups is 1. The van der Waals surface area contributed by atoms with Gasteiger partial charge in [-0.15, -0.1) is 24.0 Å². The fourth-order valence-corrected chi connectivity index (χ4v) is 2.22. The molecule has 0 saturated heterocycles. The molecule has 0 spiro atoms. The van der Waals surface area contributed by atoms with Crippen LogP contribution in [0.1, 0.15) is 32.8 Å². The molecule has 0 radical (unpaired) electrons. The van der Waals surface area contributed by atoms with Crippen molar-refractivity contribution in [1.82, 2.24) is 15.6 Å². The van der Waals surface area contributed by atoms with Gasteiger partial charge in [0.25, 0.3) is 0 Å².